The second-order valence-corrected chi connectivity index (χ2v) is 5.79. The van der Waals surface area contributed by atoms with E-state index in [2.05, 4.69) is 0 Å². The Morgan fingerprint density at radius 1 is 1.32 bits per heavy atom. The van der Waals surface area contributed by atoms with Crippen molar-refractivity contribution in [2.45, 2.75) is 11.5 Å². The van der Waals surface area contributed by atoms with Crippen LogP contribution < -0.4 is 0 Å². The standard InChI is InChI=1S/C13H11ClO4S/c14-12-4-2-1-3-9(12)7-19(17)8-11-5-10(6-18-11)13(15)16/h1-6H,7-8H2,(H,15,16). The Balaban J connectivity index is 2.01. The van der Waals surface area contributed by atoms with E-state index >= 15 is 0 Å². The molecule has 100 valence electrons. The van der Waals surface area contributed by atoms with Gasteiger partial charge in [-0.3, -0.25) is 4.21 Å². The summed E-state index contributed by atoms with van der Waals surface area (Å²) >= 11 is 5.98. The molecule has 2 rings (SSSR count). The zero-order valence-electron chi connectivity index (χ0n) is 9.84. The molecule has 0 fully saturated rings. The van der Waals surface area contributed by atoms with Gasteiger partial charge >= 0.3 is 5.97 Å². The lowest BCUT2D eigenvalue weighted by Crippen LogP contribution is -1.99. The number of carbonyl (C=O) groups is 1. The van der Waals surface area contributed by atoms with Crippen molar-refractivity contribution in [1.29, 1.82) is 0 Å². The Morgan fingerprint density at radius 2 is 2.05 bits per heavy atom. The van der Waals surface area contributed by atoms with E-state index in [0.717, 1.165) is 11.8 Å². The molecule has 0 saturated carbocycles. The molecule has 0 spiro atoms. The van der Waals surface area contributed by atoms with Crippen molar-refractivity contribution < 1.29 is 18.5 Å². The second-order valence-electron chi connectivity index (χ2n) is 3.93. The van der Waals surface area contributed by atoms with Crippen LogP contribution in [-0.2, 0) is 22.3 Å². The summed E-state index contributed by atoms with van der Waals surface area (Å²) in [5.74, 6) is -0.198. The van der Waals surface area contributed by atoms with Gasteiger partial charge in [0.2, 0.25) is 0 Å². The SMILES string of the molecule is O=C(O)c1coc(CS(=O)Cc2ccccc2Cl)c1. The van der Waals surface area contributed by atoms with Crippen molar-refractivity contribution in [3.8, 4) is 0 Å². The van der Waals surface area contributed by atoms with E-state index < -0.39 is 16.8 Å². The summed E-state index contributed by atoms with van der Waals surface area (Å²) in [7, 11) is -1.20. The van der Waals surface area contributed by atoms with Crippen LogP contribution >= 0.6 is 11.6 Å². The summed E-state index contributed by atoms with van der Waals surface area (Å²) < 4.78 is 17.0. The number of hydrogen-bond acceptors (Lipinski definition) is 3. The van der Waals surface area contributed by atoms with Gasteiger partial charge in [-0.05, 0) is 17.7 Å². The lowest BCUT2D eigenvalue weighted by atomic mass is 10.2. The van der Waals surface area contributed by atoms with E-state index in [1.807, 2.05) is 12.1 Å². The highest BCUT2D eigenvalue weighted by atomic mass is 35.5. The zero-order valence-corrected chi connectivity index (χ0v) is 11.4. The predicted octanol–water partition coefficient (Wildman–Crippen LogP) is 3.08. The maximum absolute atomic E-state index is 12.0. The van der Waals surface area contributed by atoms with Gasteiger partial charge in [-0.2, -0.15) is 0 Å². The van der Waals surface area contributed by atoms with Crippen molar-refractivity contribution >= 4 is 28.4 Å². The summed E-state index contributed by atoms with van der Waals surface area (Å²) in [6.07, 6.45) is 1.14. The van der Waals surface area contributed by atoms with Crippen molar-refractivity contribution in [2.75, 3.05) is 0 Å². The van der Waals surface area contributed by atoms with Crippen molar-refractivity contribution in [3.05, 3.63) is 58.5 Å². The molecular formula is C13H11ClO4S. The molecule has 19 heavy (non-hydrogen) atoms. The van der Waals surface area contributed by atoms with Crippen LogP contribution in [0.1, 0.15) is 21.7 Å². The molecule has 1 heterocycles. The minimum atomic E-state index is -1.20. The molecule has 0 bridgehead atoms. The maximum Gasteiger partial charge on any atom is 0.338 e. The Hall–Kier alpha value is -1.59. The van der Waals surface area contributed by atoms with Crippen LogP contribution in [0.5, 0.6) is 0 Å². The van der Waals surface area contributed by atoms with Gasteiger partial charge in [-0.1, -0.05) is 29.8 Å². The smallest absolute Gasteiger partial charge is 0.338 e. The van der Waals surface area contributed by atoms with Gasteiger partial charge in [0, 0.05) is 15.8 Å². The van der Waals surface area contributed by atoms with Crippen molar-refractivity contribution in [1.82, 2.24) is 0 Å². The molecule has 1 aromatic heterocycles. The number of aromatic carboxylic acids is 1. The van der Waals surface area contributed by atoms with E-state index in [4.69, 9.17) is 21.1 Å². The number of hydrogen-bond donors (Lipinski definition) is 1. The van der Waals surface area contributed by atoms with Gasteiger partial charge in [0.05, 0.1) is 17.1 Å². The van der Waals surface area contributed by atoms with Gasteiger partial charge in [0.25, 0.3) is 0 Å². The number of furan rings is 1. The molecular weight excluding hydrogens is 288 g/mol. The molecule has 1 unspecified atom stereocenters. The first-order valence-corrected chi connectivity index (χ1v) is 7.32. The first kappa shape index (κ1) is 13.8. The molecule has 1 N–H and O–H groups in total. The summed E-state index contributed by atoms with van der Waals surface area (Å²) in [6.45, 7) is 0. The fraction of sp³-hybridized carbons (Fsp3) is 0.154. The molecule has 4 nitrogen and oxygen atoms in total. The van der Waals surface area contributed by atoms with Crippen LogP contribution in [-0.4, -0.2) is 15.3 Å². The van der Waals surface area contributed by atoms with Crippen molar-refractivity contribution in [3.63, 3.8) is 0 Å². The molecule has 0 aliphatic rings. The highest BCUT2D eigenvalue weighted by Gasteiger charge is 2.12. The fourth-order valence-electron chi connectivity index (χ4n) is 1.57. The van der Waals surface area contributed by atoms with E-state index in [1.54, 1.807) is 12.1 Å². The monoisotopic (exact) mass is 298 g/mol. The normalized spacial score (nSPS) is 12.3. The van der Waals surface area contributed by atoms with Gasteiger partial charge in [-0.25, -0.2) is 4.79 Å². The van der Waals surface area contributed by atoms with Crippen LogP contribution in [0.2, 0.25) is 5.02 Å². The molecule has 0 amide bonds. The molecule has 2 aromatic rings. The van der Waals surface area contributed by atoms with E-state index in [1.165, 1.54) is 6.07 Å². The quantitative estimate of drug-likeness (QED) is 0.921. The maximum atomic E-state index is 12.0. The fourth-order valence-corrected chi connectivity index (χ4v) is 3.02. The first-order valence-electron chi connectivity index (χ1n) is 5.45. The first-order chi connectivity index (χ1) is 9.06. The number of benzene rings is 1. The Kier molecular flexibility index (Phi) is 4.39. The minimum Gasteiger partial charge on any atom is -0.478 e. The summed E-state index contributed by atoms with van der Waals surface area (Å²) in [6, 6.07) is 8.57. The third kappa shape index (κ3) is 3.68. The van der Waals surface area contributed by atoms with E-state index in [-0.39, 0.29) is 11.3 Å². The average Bonchev–Trinajstić information content (AvgIpc) is 2.80. The molecule has 0 aliphatic heterocycles. The zero-order chi connectivity index (χ0) is 13.8. The van der Waals surface area contributed by atoms with Crippen LogP contribution in [0.3, 0.4) is 0 Å². The minimum absolute atomic E-state index is 0.0599. The van der Waals surface area contributed by atoms with E-state index in [9.17, 15) is 9.00 Å². The molecule has 6 heteroatoms. The van der Waals surface area contributed by atoms with Crippen LogP contribution in [0.15, 0.2) is 41.0 Å². The van der Waals surface area contributed by atoms with E-state index in [0.29, 0.717) is 16.5 Å². The highest BCUT2D eigenvalue weighted by molar-refractivity contribution is 7.83. The number of rotatable bonds is 5. The number of halogens is 1. The van der Waals surface area contributed by atoms with Crippen LogP contribution in [0.4, 0.5) is 0 Å². The second kappa shape index (κ2) is 6.04. The average molecular weight is 299 g/mol. The third-order valence-electron chi connectivity index (χ3n) is 2.48. The third-order valence-corrected chi connectivity index (χ3v) is 4.09. The summed E-state index contributed by atoms with van der Waals surface area (Å²) in [4.78, 5) is 10.7. The van der Waals surface area contributed by atoms with Gasteiger partial charge in [0.15, 0.2) is 0 Å². The highest BCUT2D eigenvalue weighted by Crippen LogP contribution is 2.18. The number of carboxylic acid groups (broad SMARTS) is 1. The molecule has 0 aliphatic carbocycles. The van der Waals surface area contributed by atoms with Crippen LogP contribution in [0, 0.1) is 0 Å². The Morgan fingerprint density at radius 3 is 2.68 bits per heavy atom. The number of carboxylic acids is 1. The molecule has 1 aromatic carbocycles. The van der Waals surface area contributed by atoms with Gasteiger partial charge in [-0.15, -0.1) is 0 Å². The molecule has 0 saturated heterocycles. The Labute approximate surface area is 117 Å². The topological polar surface area (TPSA) is 67.5 Å². The summed E-state index contributed by atoms with van der Waals surface area (Å²) in [5.41, 5.74) is 0.859. The van der Waals surface area contributed by atoms with Gasteiger partial charge < -0.3 is 9.52 Å². The lowest BCUT2D eigenvalue weighted by Gasteiger charge is -2.03. The van der Waals surface area contributed by atoms with Crippen molar-refractivity contribution in [2.24, 2.45) is 0 Å². The van der Waals surface area contributed by atoms with Gasteiger partial charge in [0.1, 0.15) is 12.0 Å². The largest absolute Gasteiger partial charge is 0.478 e. The lowest BCUT2D eigenvalue weighted by molar-refractivity contribution is 0.0696. The Bertz CT molecular complexity index is 621. The molecule has 1 atom stereocenters. The predicted molar refractivity (Wildman–Crippen MR) is 72.7 cm³/mol. The van der Waals surface area contributed by atoms with Crippen LogP contribution in [0.25, 0.3) is 0 Å². The molecule has 0 radical (unpaired) electrons. The summed E-state index contributed by atoms with van der Waals surface area (Å²) in [5, 5.41) is 9.32.